The zero-order chi connectivity index (χ0) is 13.0. The fourth-order valence-corrected chi connectivity index (χ4v) is 2.01. The van der Waals surface area contributed by atoms with Crippen molar-refractivity contribution >= 4 is 23.4 Å². The highest BCUT2D eigenvalue weighted by Gasteiger charge is 2.09. The first kappa shape index (κ1) is 12.5. The van der Waals surface area contributed by atoms with E-state index in [0.29, 0.717) is 22.8 Å². The first-order valence-corrected chi connectivity index (χ1v) is 6.10. The highest BCUT2D eigenvalue weighted by atomic mass is 32.2. The number of hydrogen-bond acceptors (Lipinski definition) is 6. The molecule has 0 unspecified atom stereocenters. The van der Waals surface area contributed by atoms with Gasteiger partial charge in [0, 0.05) is 0 Å². The van der Waals surface area contributed by atoms with Crippen molar-refractivity contribution in [3.8, 4) is 0 Å². The second kappa shape index (κ2) is 5.56. The third-order valence-corrected chi connectivity index (χ3v) is 3.13. The standard InChI is InChI=1S/C11H12N4O2S/c12-8-1-2-10(14-4-8)18-6-9-3-7(5-17-9)11(16)15-13/h1-5H,6,12-13H2,(H,15,16). The number of rotatable bonds is 4. The van der Waals surface area contributed by atoms with Crippen LogP contribution in [0.4, 0.5) is 5.69 Å². The molecule has 2 aromatic rings. The van der Waals surface area contributed by atoms with E-state index in [1.54, 1.807) is 18.3 Å². The molecule has 18 heavy (non-hydrogen) atoms. The number of anilines is 1. The second-order valence-corrected chi connectivity index (χ2v) is 4.49. The number of carbonyl (C=O) groups excluding carboxylic acids is 1. The van der Waals surface area contributed by atoms with Gasteiger partial charge in [-0.2, -0.15) is 0 Å². The van der Waals surface area contributed by atoms with Crippen LogP contribution in [0.25, 0.3) is 0 Å². The summed E-state index contributed by atoms with van der Waals surface area (Å²) in [5.41, 5.74) is 8.61. The number of hydrazine groups is 1. The Morgan fingerprint density at radius 2 is 2.33 bits per heavy atom. The topological polar surface area (TPSA) is 107 Å². The molecule has 0 aliphatic heterocycles. The molecular weight excluding hydrogens is 252 g/mol. The molecule has 7 heteroatoms. The van der Waals surface area contributed by atoms with E-state index in [0.717, 1.165) is 5.03 Å². The summed E-state index contributed by atoms with van der Waals surface area (Å²) in [7, 11) is 0. The van der Waals surface area contributed by atoms with E-state index in [2.05, 4.69) is 4.98 Å². The Morgan fingerprint density at radius 3 is 3.00 bits per heavy atom. The number of thioether (sulfide) groups is 1. The summed E-state index contributed by atoms with van der Waals surface area (Å²) in [5, 5.41) is 0.838. The monoisotopic (exact) mass is 264 g/mol. The van der Waals surface area contributed by atoms with Gasteiger partial charge in [0.15, 0.2) is 0 Å². The molecule has 0 radical (unpaired) electrons. The average molecular weight is 264 g/mol. The maximum atomic E-state index is 11.2. The molecule has 0 aliphatic rings. The Balaban J connectivity index is 1.96. The molecule has 94 valence electrons. The van der Waals surface area contributed by atoms with Crippen LogP contribution in [0.1, 0.15) is 16.1 Å². The van der Waals surface area contributed by atoms with Crippen molar-refractivity contribution < 1.29 is 9.21 Å². The number of furan rings is 1. The molecular formula is C11H12N4O2S. The van der Waals surface area contributed by atoms with E-state index in [1.165, 1.54) is 18.0 Å². The first-order chi connectivity index (χ1) is 8.69. The summed E-state index contributed by atoms with van der Waals surface area (Å²) >= 11 is 1.49. The minimum Gasteiger partial charge on any atom is -0.468 e. The molecule has 0 spiro atoms. The van der Waals surface area contributed by atoms with Crippen LogP contribution in [0.2, 0.25) is 0 Å². The van der Waals surface area contributed by atoms with Gasteiger partial charge in [-0.15, -0.1) is 0 Å². The van der Waals surface area contributed by atoms with E-state index in [9.17, 15) is 4.79 Å². The maximum absolute atomic E-state index is 11.2. The van der Waals surface area contributed by atoms with Gasteiger partial charge < -0.3 is 10.2 Å². The largest absolute Gasteiger partial charge is 0.468 e. The van der Waals surface area contributed by atoms with Crippen LogP contribution >= 0.6 is 11.8 Å². The Bertz CT molecular complexity index is 538. The SMILES string of the molecule is NNC(=O)c1coc(CSc2ccc(N)cn2)c1. The third-order valence-electron chi connectivity index (χ3n) is 2.17. The summed E-state index contributed by atoms with van der Waals surface area (Å²) in [6.07, 6.45) is 2.96. The van der Waals surface area contributed by atoms with Gasteiger partial charge in [0.05, 0.1) is 28.2 Å². The summed E-state index contributed by atoms with van der Waals surface area (Å²) in [4.78, 5) is 15.4. The quantitative estimate of drug-likeness (QED) is 0.331. The highest BCUT2D eigenvalue weighted by molar-refractivity contribution is 7.98. The number of nitrogen functional groups attached to an aromatic ring is 2. The Morgan fingerprint density at radius 1 is 1.50 bits per heavy atom. The van der Waals surface area contributed by atoms with Gasteiger partial charge >= 0.3 is 0 Å². The van der Waals surface area contributed by atoms with Crippen molar-refractivity contribution in [3.05, 3.63) is 42.0 Å². The molecule has 0 aliphatic carbocycles. The molecule has 2 rings (SSSR count). The third kappa shape index (κ3) is 3.02. The second-order valence-electron chi connectivity index (χ2n) is 3.49. The lowest BCUT2D eigenvalue weighted by Gasteiger charge is -1.98. The lowest BCUT2D eigenvalue weighted by molar-refractivity contribution is 0.0953. The van der Waals surface area contributed by atoms with Crippen LogP contribution in [0.15, 0.2) is 40.1 Å². The van der Waals surface area contributed by atoms with Crippen molar-refractivity contribution in [2.45, 2.75) is 10.8 Å². The van der Waals surface area contributed by atoms with Crippen molar-refractivity contribution in [1.29, 1.82) is 0 Å². The first-order valence-electron chi connectivity index (χ1n) is 5.11. The van der Waals surface area contributed by atoms with Crippen LogP contribution in [-0.4, -0.2) is 10.9 Å². The molecule has 0 fully saturated rings. The van der Waals surface area contributed by atoms with Gasteiger partial charge in [0.2, 0.25) is 0 Å². The van der Waals surface area contributed by atoms with Gasteiger partial charge in [-0.05, 0) is 18.2 Å². The van der Waals surface area contributed by atoms with Crippen LogP contribution in [0.3, 0.4) is 0 Å². The van der Waals surface area contributed by atoms with Gasteiger partial charge in [-0.25, -0.2) is 10.8 Å². The number of hydrogen-bond donors (Lipinski definition) is 3. The van der Waals surface area contributed by atoms with Crippen molar-refractivity contribution in [2.24, 2.45) is 5.84 Å². The van der Waals surface area contributed by atoms with Crippen LogP contribution in [0.5, 0.6) is 0 Å². The van der Waals surface area contributed by atoms with Crippen LogP contribution < -0.4 is 17.0 Å². The number of pyridine rings is 1. The van der Waals surface area contributed by atoms with E-state index in [1.807, 2.05) is 11.5 Å². The van der Waals surface area contributed by atoms with Crippen molar-refractivity contribution in [3.63, 3.8) is 0 Å². The molecule has 0 aromatic carbocycles. The highest BCUT2D eigenvalue weighted by Crippen LogP contribution is 2.22. The Labute approximate surface area is 108 Å². The van der Waals surface area contributed by atoms with Gasteiger partial charge in [0.25, 0.3) is 5.91 Å². The fourth-order valence-electron chi connectivity index (χ4n) is 1.28. The smallest absolute Gasteiger partial charge is 0.268 e. The molecule has 1 amide bonds. The lowest BCUT2D eigenvalue weighted by atomic mass is 10.3. The van der Waals surface area contributed by atoms with Crippen molar-refractivity contribution in [2.75, 3.05) is 5.73 Å². The minimum atomic E-state index is -0.374. The number of aromatic nitrogens is 1. The maximum Gasteiger partial charge on any atom is 0.268 e. The molecule has 0 atom stereocenters. The summed E-state index contributed by atoms with van der Waals surface area (Å²) in [6.45, 7) is 0. The molecule has 0 saturated carbocycles. The zero-order valence-electron chi connectivity index (χ0n) is 9.42. The molecule has 5 N–H and O–H groups in total. The summed E-state index contributed by atoms with van der Waals surface area (Å²) < 4.78 is 5.24. The summed E-state index contributed by atoms with van der Waals surface area (Å²) in [5.74, 6) is 5.91. The Hall–Kier alpha value is -1.99. The molecule has 0 saturated heterocycles. The van der Waals surface area contributed by atoms with E-state index in [4.69, 9.17) is 16.0 Å². The molecule has 2 heterocycles. The predicted octanol–water partition coefficient (Wildman–Crippen LogP) is 1.15. The number of nitrogens with one attached hydrogen (secondary N) is 1. The molecule has 2 aromatic heterocycles. The zero-order valence-corrected chi connectivity index (χ0v) is 10.2. The van der Waals surface area contributed by atoms with E-state index < -0.39 is 0 Å². The number of nitrogens with two attached hydrogens (primary N) is 2. The minimum absolute atomic E-state index is 0.374. The predicted molar refractivity (Wildman–Crippen MR) is 68.6 cm³/mol. The number of carbonyl (C=O) groups is 1. The van der Waals surface area contributed by atoms with Crippen LogP contribution in [0, 0.1) is 0 Å². The van der Waals surface area contributed by atoms with Crippen molar-refractivity contribution in [1.82, 2.24) is 10.4 Å². The van der Waals surface area contributed by atoms with E-state index in [-0.39, 0.29) is 5.91 Å². The normalized spacial score (nSPS) is 10.3. The molecule has 6 nitrogen and oxygen atoms in total. The fraction of sp³-hybridized carbons (Fsp3) is 0.0909. The van der Waals surface area contributed by atoms with Gasteiger partial charge in [-0.3, -0.25) is 10.2 Å². The van der Waals surface area contributed by atoms with Gasteiger partial charge in [-0.1, -0.05) is 11.8 Å². The average Bonchev–Trinajstić information content (AvgIpc) is 2.86. The van der Waals surface area contributed by atoms with Crippen LogP contribution in [-0.2, 0) is 5.75 Å². The van der Waals surface area contributed by atoms with Gasteiger partial charge in [0.1, 0.15) is 12.0 Å². The molecule has 0 bridgehead atoms. The number of nitrogens with zero attached hydrogens (tertiary/aromatic N) is 1. The Kier molecular flexibility index (Phi) is 3.85. The van der Waals surface area contributed by atoms with E-state index >= 15 is 0 Å². The number of amides is 1. The lowest BCUT2D eigenvalue weighted by Crippen LogP contribution is -2.29. The summed E-state index contributed by atoms with van der Waals surface area (Å²) in [6, 6.07) is 5.26.